The molecule has 0 spiro atoms. The first-order valence-electron chi connectivity index (χ1n) is 9.68. The van der Waals surface area contributed by atoms with E-state index in [2.05, 4.69) is 9.80 Å². The Balaban J connectivity index is 1.39. The van der Waals surface area contributed by atoms with Gasteiger partial charge in [0, 0.05) is 32.7 Å². The third-order valence-electron chi connectivity index (χ3n) is 6.23. The molecule has 0 aromatic rings. The van der Waals surface area contributed by atoms with Gasteiger partial charge in [0.2, 0.25) is 5.91 Å². The van der Waals surface area contributed by atoms with Crippen LogP contribution in [0.4, 0.5) is 0 Å². The quantitative estimate of drug-likeness (QED) is 0.764. The molecule has 0 N–H and O–H groups in total. The van der Waals surface area contributed by atoms with Gasteiger partial charge < -0.3 is 19.4 Å². The summed E-state index contributed by atoms with van der Waals surface area (Å²) in [6.45, 7) is 5.62. The average molecular weight is 335 g/mol. The van der Waals surface area contributed by atoms with Crippen molar-refractivity contribution in [3.8, 4) is 0 Å². The smallest absolute Gasteiger partial charge is 0.252 e. The summed E-state index contributed by atoms with van der Waals surface area (Å²) in [5.41, 5.74) is 0. The maximum Gasteiger partial charge on any atom is 0.252 e. The molecule has 4 saturated heterocycles. The van der Waals surface area contributed by atoms with E-state index >= 15 is 0 Å². The Labute approximate surface area is 144 Å². The van der Waals surface area contributed by atoms with E-state index in [1.165, 1.54) is 25.9 Å². The van der Waals surface area contributed by atoms with Crippen LogP contribution in [0.25, 0.3) is 0 Å². The van der Waals surface area contributed by atoms with E-state index in [0.717, 1.165) is 45.3 Å². The summed E-state index contributed by atoms with van der Waals surface area (Å²) in [5, 5.41) is 0. The molecule has 0 bridgehead atoms. The van der Waals surface area contributed by atoms with Gasteiger partial charge in [0.1, 0.15) is 6.10 Å². The third kappa shape index (κ3) is 3.06. The topological polar surface area (TPSA) is 53.1 Å². The molecule has 4 aliphatic rings. The highest BCUT2D eigenvalue weighted by Gasteiger charge is 2.46. The molecule has 4 rings (SSSR count). The first-order valence-corrected chi connectivity index (χ1v) is 9.68. The number of likely N-dealkylation sites (tertiary alicyclic amines) is 3. The Morgan fingerprint density at radius 3 is 2.58 bits per heavy atom. The monoisotopic (exact) mass is 335 g/mol. The summed E-state index contributed by atoms with van der Waals surface area (Å²) in [6.07, 6.45) is 6.49. The van der Waals surface area contributed by atoms with Crippen LogP contribution in [-0.4, -0.2) is 84.0 Å². The fourth-order valence-electron chi connectivity index (χ4n) is 4.93. The molecule has 24 heavy (non-hydrogen) atoms. The van der Waals surface area contributed by atoms with Crippen molar-refractivity contribution in [3.63, 3.8) is 0 Å². The maximum atomic E-state index is 12.7. The standard InChI is InChI=1S/C18H29N3O3/c22-17-6-5-14-15(20(17)12-11-19-8-1-2-9-19)7-10-21(14)18(23)16-4-3-13-24-16/h14-16H,1-13H2/t14-,15-,16?/m0/s1. The first kappa shape index (κ1) is 16.3. The van der Waals surface area contributed by atoms with Gasteiger partial charge in [-0.25, -0.2) is 0 Å². The Hall–Kier alpha value is -1.14. The lowest BCUT2D eigenvalue weighted by atomic mass is 9.96. The minimum absolute atomic E-state index is 0.161. The van der Waals surface area contributed by atoms with E-state index in [1.54, 1.807) is 0 Å². The third-order valence-corrected chi connectivity index (χ3v) is 6.23. The van der Waals surface area contributed by atoms with E-state index in [1.807, 2.05) is 4.90 Å². The lowest BCUT2D eigenvalue weighted by molar-refractivity contribution is -0.147. The minimum atomic E-state index is -0.237. The summed E-state index contributed by atoms with van der Waals surface area (Å²) >= 11 is 0. The number of piperidine rings is 1. The van der Waals surface area contributed by atoms with Gasteiger partial charge in [0.25, 0.3) is 5.91 Å². The molecule has 0 aromatic carbocycles. The molecule has 3 atom stereocenters. The summed E-state index contributed by atoms with van der Waals surface area (Å²) in [5.74, 6) is 0.440. The number of ether oxygens (including phenoxy) is 1. The second-order valence-electron chi connectivity index (χ2n) is 7.63. The van der Waals surface area contributed by atoms with Crippen molar-refractivity contribution in [2.75, 3.05) is 39.3 Å². The Bertz CT molecular complexity index is 486. The molecule has 0 aliphatic carbocycles. The largest absolute Gasteiger partial charge is 0.368 e. The van der Waals surface area contributed by atoms with Crippen LogP contribution >= 0.6 is 0 Å². The van der Waals surface area contributed by atoms with E-state index in [9.17, 15) is 9.59 Å². The molecule has 2 amide bonds. The lowest BCUT2D eigenvalue weighted by Crippen LogP contribution is -2.55. The Kier molecular flexibility index (Phi) is 4.77. The van der Waals surface area contributed by atoms with Crippen LogP contribution in [0, 0.1) is 0 Å². The van der Waals surface area contributed by atoms with Crippen LogP contribution in [0.1, 0.15) is 44.9 Å². The Morgan fingerprint density at radius 1 is 1.00 bits per heavy atom. The fraction of sp³-hybridized carbons (Fsp3) is 0.889. The highest BCUT2D eigenvalue weighted by molar-refractivity contribution is 5.83. The van der Waals surface area contributed by atoms with Crippen molar-refractivity contribution in [1.29, 1.82) is 0 Å². The number of carbonyl (C=O) groups is 2. The van der Waals surface area contributed by atoms with Crippen LogP contribution in [-0.2, 0) is 14.3 Å². The second-order valence-corrected chi connectivity index (χ2v) is 7.63. The van der Waals surface area contributed by atoms with Crippen LogP contribution in [0.2, 0.25) is 0 Å². The van der Waals surface area contributed by atoms with E-state index < -0.39 is 0 Å². The van der Waals surface area contributed by atoms with Crippen LogP contribution in [0.15, 0.2) is 0 Å². The number of nitrogens with zero attached hydrogens (tertiary/aromatic N) is 3. The van der Waals surface area contributed by atoms with Crippen LogP contribution in [0.3, 0.4) is 0 Å². The zero-order valence-corrected chi connectivity index (χ0v) is 14.5. The van der Waals surface area contributed by atoms with Crippen molar-refractivity contribution in [3.05, 3.63) is 0 Å². The molecular formula is C18H29N3O3. The maximum absolute atomic E-state index is 12.7. The number of carbonyl (C=O) groups excluding carboxylic acids is 2. The summed E-state index contributed by atoms with van der Waals surface area (Å²) in [4.78, 5) is 31.8. The number of rotatable bonds is 4. The molecule has 4 heterocycles. The number of hydrogen-bond donors (Lipinski definition) is 0. The molecular weight excluding hydrogens is 306 g/mol. The molecule has 6 heteroatoms. The Morgan fingerprint density at radius 2 is 1.83 bits per heavy atom. The predicted molar refractivity (Wildman–Crippen MR) is 89.5 cm³/mol. The van der Waals surface area contributed by atoms with Gasteiger partial charge in [0.15, 0.2) is 0 Å². The molecule has 0 saturated carbocycles. The molecule has 4 aliphatic heterocycles. The molecule has 1 unspecified atom stereocenters. The van der Waals surface area contributed by atoms with Gasteiger partial charge >= 0.3 is 0 Å². The van der Waals surface area contributed by atoms with Crippen molar-refractivity contribution in [1.82, 2.24) is 14.7 Å². The molecule has 4 fully saturated rings. The fourth-order valence-corrected chi connectivity index (χ4v) is 4.93. The van der Waals surface area contributed by atoms with Gasteiger partial charge in [-0.15, -0.1) is 0 Å². The highest BCUT2D eigenvalue weighted by atomic mass is 16.5. The normalized spacial score (nSPS) is 34.2. The summed E-state index contributed by atoms with van der Waals surface area (Å²) < 4.78 is 5.59. The van der Waals surface area contributed by atoms with E-state index in [4.69, 9.17) is 4.74 Å². The van der Waals surface area contributed by atoms with Crippen LogP contribution in [0.5, 0.6) is 0 Å². The zero-order valence-electron chi connectivity index (χ0n) is 14.5. The highest BCUT2D eigenvalue weighted by Crippen LogP contribution is 2.33. The first-order chi connectivity index (χ1) is 11.7. The average Bonchev–Trinajstić information content (AvgIpc) is 3.33. The van der Waals surface area contributed by atoms with Crippen molar-refractivity contribution in [2.45, 2.75) is 63.1 Å². The molecule has 0 radical (unpaired) electrons. The zero-order chi connectivity index (χ0) is 16.5. The van der Waals surface area contributed by atoms with E-state index in [-0.39, 0.29) is 30.0 Å². The SMILES string of the molecule is O=C1CC[C@H]2[C@H](CCN2C(=O)C2CCCO2)N1CCN1CCCC1. The van der Waals surface area contributed by atoms with Crippen molar-refractivity contribution in [2.24, 2.45) is 0 Å². The van der Waals surface area contributed by atoms with Gasteiger partial charge in [-0.1, -0.05) is 0 Å². The van der Waals surface area contributed by atoms with Gasteiger partial charge in [-0.2, -0.15) is 0 Å². The minimum Gasteiger partial charge on any atom is -0.368 e. The molecule has 6 nitrogen and oxygen atoms in total. The number of hydrogen-bond acceptors (Lipinski definition) is 4. The van der Waals surface area contributed by atoms with Crippen molar-refractivity contribution >= 4 is 11.8 Å². The second kappa shape index (κ2) is 7.00. The van der Waals surface area contributed by atoms with Gasteiger partial charge in [-0.05, 0) is 51.6 Å². The van der Waals surface area contributed by atoms with Crippen LogP contribution < -0.4 is 0 Å². The van der Waals surface area contributed by atoms with Gasteiger partial charge in [-0.3, -0.25) is 9.59 Å². The van der Waals surface area contributed by atoms with Crippen molar-refractivity contribution < 1.29 is 14.3 Å². The number of fused-ring (bicyclic) bond motifs is 1. The summed E-state index contributed by atoms with van der Waals surface area (Å²) in [6, 6.07) is 0.428. The molecule has 134 valence electrons. The molecule has 0 aromatic heterocycles. The summed E-state index contributed by atoms with van der Waals surface area (Å²) in [7, 11) is 0. The van der Waals surface area contributed by atoms with Gasteiger partial charge in [0.05, 0.1) is 12.1 Å². The predicted octanol–water partition coefficient (Wildman–Crippen LogP) is 0.853. The lowest BCUT2D eigenvalue weighted by Gasteiger charge is -2.40. The number of amides is 2. The van der Waals surface area contributed by atoms with E-state index in [0.29, 0.717) is 13.0 Å².